The maximum absolute atomic E-state index is 12.5. The fraction of sp³-hybridized carbons (Fsp3) is 0.632. The molecule has 7 heteroatoms. The molecule has 4 rings (SSSR count). The Bertz CT molecular complexity index is 816. The van der Waals surface area contributed by atoms with Crippen molar-refractivity contribution in [3.05, 3.63) is 34.4 Å². The van der Waals surface area contributed by atoms with Crippen LogP contribution in [0.25, 0.3) is 0 Å². The number of rotatable bonds is 6. The van der Waals surface area contributed by atoms with E-state index in [1.165, 1.54) is 29.8 Å². The van der Waals surface area contributed by atoms with Gasteiger partial charge >= 0.3 is 0 Å². The lowest BCUT2D eigenvalue weighted by Gasteiger charge is -2.27. The van der Waals surface area contributed by atoms with E-state index in [1.807, 2.05) is 24.9 Å². The van der Waals surface area contributed by atoms with Crippen molar-refractivity contribution < 1.29 is 4.79 Å². The maximum atomic E-state index is 12.5. The van der Waals surface area contributed by atoms with E-state index in [4.69, 9.17) is 5.10 Å². The van der Waals surface area contributed by atoms with Gasteiger partial charge in [-0.05, 0) is 32.6 Å². The van der Waals surface area contributed by atoms with Crippen molar-refractivity contribution >= 4 is 5.91 Å². The number of amides is 1. The minimum absolute atomic E-state index is 0.0438. The van der Waals surface area contributed by atoms with E-state index in [2.05, 4.69) is 26.9 Å². The highest BCUT2D eigenvalue weighted by Crippen LogP contribution is 2.33. The number of carbonyl (C=O) groups is 1. The molecular formula is C19H28N6O. The van der Waals surface area contributed by atoms with Gasteiger partial charge in [0.15, 0.2) is 5.69 Å². The van der Waals surface area contributed by atoms with Crippen LogP contribution < -0.4 is 5.32 Å². The first-order valence-electron chi connectivity index (χ1n) is 9.63. The number of fused-ring (bicyclic) bond motifs is 1. The summed E-state index contributed by atoms with van der Waals surface area (Å²) in [6.45, 7) is 8.27. The van der Waals surface area contributed by atoms with Gasteiger partial charge in [-0.2, -0.15) is 10.2 Å². The molecule has 1 N–H and O–H groups in total. The Morgan fingerprint density at radius 2 is 2.19 bits per heavy atom. The van der Waals surface area contributed by atoms with Gasteiger partial charge in [-0.15, -0.1) is 0 Å². The molecule has 0 saturated heterocycles. The summed E-state index contributed by atoms with van der Waals surface area (Å²) in [5.41, 5.74) is 5.45. The molecule has 0 unspecified atom stereocenters. The zero-order valence-electron chi connectivity index (χ0n) is 16.0. The molecule has 0 aromatic carbocycles. The van der Waals surface area contributed by atoms with Gasteiger partial charge in [0.05, 0.1) is 6.20 Å². The molecule has 0 bridgehead atoms. The van der Waals surface area contributed by atoms with Crippen molar-refractivity contribution in [1.29, 1.82) is 0 Å². The first-order chi connectivity index (χ1) is 12.6. The zero-order chi connectivity index (χ0) is 18.3. The predicted octanol–water partition coefficient (Wildman–Crippen LogP) is 1.64. The van der Waals surface area contributed by atoms with Crippen LogP contribution >= 0.6 is 0 Å². The first-order valence-corrected chi connectivity index (χ1v) is 9.63. The summed E-state index contributed by atoms with van der Waals surface area (Å²) in [7, 11) is 1.97. The Morgan fingerprint density at radius 3 is 2.85 bits per heavy atom. The summed E-state index contributed by atoms with van der Waals surface area (Å²) < 4.78 is 4.03. The molecule has 1 amide bonds. The van der Waals surface area contributed by atoms with Gasteiger partial charge in [0.25, 0.3) is 5.91 Å². The van der Waals surface area contributed by atoms with E-state index in [0.717, 1.165) is 44.1 Å². The van der Waals surface area contributed by atoms with Gasteiger partial charge in [-0.3, -0.25) is 19.1 Å². The number of aromatic nitrogens is 4. The highest BCUT2D eigenvalue weighted by Gasteiger charge is 2.31. The maximum Gasteiger partial charge on any atom is 0.272 e. The smallest absolute Gasteiger partial charge is 0.272 e. The van der Waals surface area contributed by atoms with E-state index >= 15 is 0 Å². The Labute approximate surface area is 154 Å². The van der Waals surface area contributed by atoms with E-state index < -0.39 is 0 Å². The number of hydrogen-bond acceptors (Lipinski definition) is 4. The van der Waals surface area contributed by atoms with E-state index in [9.17, 15) is 4.79 Å². The van der Waals surface area contributed by atoms with Gasteiger partial charge in [0.2, 0.25) is 0 Å². The molecule has 2 aromatic rings. The second kappa shape index (κ2) is 6.87. The zero-order valence-corrected chi connectivity index (χ0v) is 16.0. The van der Waals surface area contributed by atoms with Crippen molar-refractivity contribution in [1.82, 2.24) is 29.8 Å². The molecule has 2 aliphatic rings. The standard InChI is InChI=1S/C19H28N6O/c1-4-20-19(26)18-16-12-24(11-15-9-21-23(3)13(15)2)8-7-17(16)25(22-18)10-14-5-6-14/h9,14H,4-8,10-12H2,1-3H3,(H,20,26). The third-order valence-electron chi connectivity index (χ3n) is 5.62. The predicted molar refractivity (Wildman–Crippen MR) is 98.7 cm³/mol. The summed E-state index contributed by atoms with van der Waals surface area (Å²) in [5, 5.41) is 12.0. The number of aryl methyl sites for hydroxylation is 1. The summed E-state index contributed by atoms with van der Waals surface area (Å²) in [6, 6.07) is 0. The SMILES string of the molecule is CCNC(=O)c1nn(CC2CC2)c2c1CN(Cc1cnn(C)c1C)CC2. The van der Waals surface area contributed by atoms with Gasteiger partial charge in [0.1, 0.15) is 0 Å². The number of carbonyl (C=O) groups excluding carboxylic acids is 1. The molecule has 0 spiro atoms. The monoisotopic (exact) mass is 356 g/mol. The average Bonchev–Trinajstić information content (AvgIpc) is 3.30. The van der Waals surface area contributed by atoms with E-state index in [-0.39, 0.29) is 5.91 Å². The normalized spacial score (nSPS) is 17.3. The van der Waals surface area contributed by atoms with Crippen LogP contribution in [0.2, 0.25) is 0 Å². The summed E-state index contributed by atoms with van der Waals surface area (Å²) in [4.78, 5) is 14.9. The minimum atomic E-state index is -0.0438. The summed E-state index contributed by atoms with van der Waals surface area (Å²) >= 11 is 0. The third kappa shape index (κ3) is 3.28. The Hall–Kier alpha value is -2.15. The number of hydrogen-bond donors (Lipinski definition) is 1. The van der Waals surface area contributed by atoms with Crippen LogP contribution in [-0.2, 0) is 33.1 Å². The van der Waals surface area contributed by atoms with Crippen LogP contribution in [0.3, 0.4) is 0 Å². The Morgan fingerprint density at radius 1 is 1.38 bits per heavy atom. The average molecular weight is 356 g/mol. The van der Waals surface area contributed by atoms with Gasteiger partial charge in [0, 0.05) is 68.7 Å². The second-order valence-corrected chi connectivity index (χ2v) is 7.60. The molecule has 0 radical (unpaired) electrons. The molecule has 2 aromatic heterocycles. The molecule has 0 atom stereocenters. The minimum Gasteiger partial charge on any atom is -0.351 e. The molecule has 3 heterocycles. The van der Waals surface area contributed by atoms with Crippen molar-refractivity contribution in [3.8, 4) is 0 Å². The van der Waals surface area contributed by atoms with Crippen LogP contribution in [0.1, 0.15) is 52.8 Å². The topological polar surface area (TPSA) is 68.0 Å². The summed E-state index contributed by atoms with van der Waals surface area (Å²) in [6.07, 6.45) is 5.48. The molecule has 26 heavy (non-hydrogen) atoms. The van der Waals surface area contributed by atoms with E-state index in [0.29, 0.717) is 12.2 Å². The lowest BCUT2D eigenvalue weighted by molar-refractivity contribution is 0.0947. The fourth-order valence-corrected chi connectivity index (χ4v) is 3.74. The van der Waals surface area contributed by atoms with Crippen LogP contribution in [-0.4, -0.2) is 43.5 Å². The molecule has 1 saturated carbocycles. The van der Waals surface area contributed by atoms with Crippen LogP contribution in [0.15, 0.2) is 6.20 Å². The van der Waals surface area contributed by atoms with Crippen LogP contribution in [0, 0.1) is 12.8 Å². The highest BCUT2D eigenvalue weighted by atomic mass is 16.1. The molecule has 1 aliphatic heterocycles. The van der Waals surface area contributed by atoms with E-state index in [1.54, 1.807) is 0 Å². The largest absolute Gasteiger partial charge is 0.351 e. The molecular weight excluding hydrogens is 328 g/mol. The van der Waals surface area contributed by atoms with Crippen molar-refractivity contribution in [3.63, 3.8) is 0 Å². The van der Waals surface area contributed by atoms with Gasteiger partial charge in [-0.1, -0.05) is 0 Å². The second-order valence-electron chi connectivity index (χ2n) is 7.60. The molecule has 1 aliphatic carbocycles. The van der Waals surface area contributed by atoms with Gasteiger partial charge in [-0.25, -0.2) is 0 Å². The van der Waals surface area contributed by atoms with Crippen LogP contribution in [0.4, 0.5) is 0 Å². The third-order valence-corrected chi connectivity index (χ3v) is 5.62. The summed E-state index contributed by atoms with van der Waals surface area (Å²) in [5.74, 6) is 0.704. The number of nitrogens with one attached hydrogen (secondary N) is 1. The van der Waals surface area contributed by atoms with Crippen molar-refractivity contribution in [2.75, 3.05) is 13.1 Å². The quantitative estimate of drug-likeness (QED) is 0.854. The lowest BCUT2D eigenvalue weighted by Crippen LogP contribution is -2.32. The Kier molecular flexibility index (Phi) is 4.56. The molecule has 7 nitrogen and oxygen atoms in total. The van der Waals surface area contributed by atoms with Gasteiger partial charge < -0.3 is 5.32 Å². The van der Waals surface area contributed by atoms with Crippen molar-refractivity contribution in [2.24, 2.45) is 13.0 Å². The Balaban J connectivity index is 1.58. The molecule has 140 valence electrons. The fourth-order valence-electron chi connectivity index (χ4n) is 3.74. The molecule has 1 fully saturated rings. The van der Waals surface area contributed by atoms with Crippen molar-refractivity contribution in [2.45, 2.75) is 52.7 Å². The van der Waals surface area contributed by atoms with Crippen LogP contribution in [0.5, 0.6) is 0 Å². The lowest BCUT2D eigenvalue weighted by atomic mass is 10.0. The highest BCUT2D eigenvalue weighted by molar-refractivity contribution is 5.94. The number of nitrogens with zero attached hydrogens (tertiary/aromatic N) is 5. The first kappa shape index (κ1) is 17.3.